The zero-order chi connectivity index (χ0) is 33.2. The number of nitrogens with one attached hydrogen (secondary N) is 1. The Kier molecular flexibility index (Phi) is 8.51. The lowest BCUT2D eigenvalue weighted by atomic mass is 9.98. The minimum absolute atomic E-state index is 0.0622. The molecule has 1 fully saturated rings. The molecule has 1 saturated heterocycles. The molecule has 1 unspecified atom stereocenters. The summed E-state index contributed by atoms with van der Waals surface area (Å²) in [7, 11) is 0. The number of carbonyl (C=O) groups excluding carboxylic acids is 4. The van der Waals surface area contributed by atoms with E-state index in [0.717, 1.165) is 51.3 Å². The molecule has 3 aliphatic rings. The highest BCUT2D eigenvalue weighted by molar-refractivity contribution is 6.23. The van der Waals surface area contributed by atoms with Gasteiger partial charge in [-0.05, 0) is 67.1 Å². The second-order valence-corrected chi connectivity index (χ2v) is 11.8. The number of ether oxygens (including phenoxy) is 2. The van der Waals surface area contributed by atoms with Gasteiger partial charge in [0, 0.05) is 54.9 Å². The van der Waals surface area contributed by atoms with Gasteiger partial charge in [0.15, 0.2) is 0 Å². The first kappa shape index (κ1) is 30.9. The van der Waals surface area contributed by atoms with Crippen LogP contribution in [0.15, 0.2) is 72.3 Å². The van der Waals surface area contributed by atoms with Crippen molar-refractivity contribution in [3.8, 4) is 28.1 Å². The van der Waals surface area contributed by atoms with Crippen LogP contribution < -0.4 is 10.1 Å². The van der Waals surface area contributed by atoms with Crippen LogP contribution in [-0.2, 0) is 27.3 Å². The molecule has 48 heavy (non-hydrogen) atoms. The summed E-state index contributed by atoms with van der Waals surface area (Å²) in [5.41, 5.74) is 7.07. The van der Waals surface area contributed by atoms with Crippen molar-refractivity contribution in [2.24, 2.45) is 5.16 Å². The molecular weight excluding hydrogens is 616 g/mol. The number of piperidine rings is 1. The van der Waals surface area contributed by atoms with E-state index < -0.39 is 29.7 Å². The van der Waals surface area contributed by atoms with Gasteiger partial charge in [0.25, 0.3) is 11.8 Å². The van der Waals surface area contributed by atoms with E-state index in [0.29, 0.717) is 37.6 Å². The molecule has 0 spiro atoms. The fourth-order valence-electron chi connectivity index (χ4n) is 6.40. The van der Waals surface area contributed by atoms with Crippen LogP contribution in [-0.4, -0.2) is 80.1 Å². The van der Waals surface area contributed by atoms with Gasteiger partial charge in [0.05, 0.1) is 23.4 Å². The first-order valence-corrected chi connectivity index (χ1v) is 15.8. The maximum atomic E-state index is 13.0. The Morgan fingerprint density at radius 2 is 1.67 bits per heavy atom. The highest BCUT2D eigenvalue weighted by atomic mass is 16.5. The predicted octanol–water partition coefficient (Wildman–Crippen LogP) is 3.62. The number of benzene rings is 2. The van der Waals surface area contributed by atoms with Crippen molar-refractivity contribution in [3.05, 3.63) is 89.4 Å². The van der Waals surface area contributed by atoms with Crippen molar-refractivity contribution in [1.29, 1.82) is 0 Å². The SMILES string of the molecule is O=C1CCC(N2C(=O)c3ccc(OCCOCCCn4cc(-c5ccc6c(c5)CC/C6=N\O)c(-c5ccncc5)n4)cc3C2=O)C(=O)N1. The third-order valence-electron chi connectivity index (χ3n) is 8.78. The molecule has 7 rings (SSSR count). The number of aromatic nitrogens is 3. The minimum atomic E-state index is -1.02. The van der Waals surface area contributed by atoms with Gasteiger partial charge in [0.2, 0.25) is 11.8 Å². The lowest BCUT2D eigenvalue weighted by Gasteiger charge is -2.27. The van der Waals surface area contributed by atoms with Crippen molar-refractivity contribution in [2.75, 3.05) is 19.8 Å². The van der Waals surface area contributed by atoms with Crippen LogP contribution in [0.1, 0.15) is 57.5 Å². The molecule has 2 aromatic heterocycles. The lowest BCUT2D eigenvalue weighted by molar-refractivity contribution is -0.136. The fraction of sp³-hybridized carbons (Fsp3) is 0.286. The van der Waals surface area contributed by atoms with E-state index in [4.69, 9.17) is 14.6 Å². The summed E-state index contributed by atoms with van der Waals surface area (Å²) in [5, 5.41) is 19.8. The summed E-state index contributed by atoms with van der Waals surface area (Å²) in [6.07, 6.45) is 7.95. The molecule has 13 heteroatoms. The summed E-state index contributed by atoms with van der Waals surface area (Å²) < 4.78 is 13.5. The van der Waals surface area contributed by atoms with E-state index in [-0.39, 0.29) is 30.6 Å². The smallest absolute Gasteiger partial charge is 0.262 e. The maximum absolute atomic E-state index is 13.0. The second kappa shape index (κ2) is 13.2. The summed E-state index contributed by atoms with van der Waals surface area (Å²) in [6, 6.07) is 13.7. The van der Waals surface area contributed by atoms with E-state index in [1.165, 1.54) is 12.1 Å². The number of amides is 4. The topological polar surface area (TPSA) is 165 Å². The van der Waals surface area contributed by atoms with E-state index >= 15 is 0 Å². The van der Waals surface area contributed by atoms with Crippen molar-refractivity contribution < 1.29 is 33.9 Å². The van der Waals surface area contributed by atoms with Gasteiger partial charge >= 0.3 is 0 Å². The fourth-order valence-corrected chi connectivity index (χ4v) is 6.40. The molecule has 0 saturated carbocycles. The van der Waals surface area contributed by atoms with Crippen LogP contribution >= 0.6 is 0 Å². The Balaban J connectivity index is 0.924. The summed E-state index contributed by atoms with van der Waals surface area (Å²) in [6.45, 7) is 1.66. The summed E-state index contributed by atoms with van der Waals surface area (Å²) in [4.78, 5) is 54.8. The molecular formula is C35H32N6O7. The Morgan fingerprint density at radius 1 is 0.854 bits per heavy atom. The average Bonchev–Trinajstić information content (AvgIpc) is 3.79. The van der Waals surface area contributed by atoms with Gasteiger partial charge < -0.3 is 14.7 Å². The monoisotopic (exact) mass is 648 g/mol. The Bertz CT molecular complexity index is 1950. The number of imide groups is 2. The van der Waals surface area contributed by atoms with Crippen LogP contribution in [0.4, 0.5) is 0 Å². The molecule has 0 bridgehead atoms. The summed E-state index contributed by atoms with van der Waals surface area (Å²) >= 11 is 0. The first-order valence-electron chi connectivity index (χ1n) is 15.8. The molecule has 4 heterocycles. The Morgan fingerprint density at radius 3 is 2.48 bits per heavy atom. The van der Waals surface area contributed by atoms with Crippen LogP contribution in [0.2, 0.25) is 0 Å². The van der Waals surface area contributed by atoms with Crippen molar-refractivity contribution in [1.82, 2.24) is 25.0 Å². The van der Waals surface area contributed by atoms with Gasteiger partial charge in [-0.25, -0.2) is 0 Å². The van der Waals surface area contributed by atoms with E-state index in [1.807, 2.05) is 35.1 Å². The zero-order valence-electron chi connectivity index (χ0n) is 25.9. The maximum Gasteiger partial charge on any atom is 0.262 e. The molecule has 13 nitrogen and oxygen atoms in total. The average molecular weight is 649 g/mol. The number of carbonyl (C=O) groups is 4. The van der Waals surface area contributed by atoms with E-state index in [1.54, 1.807) is 18.5 Å². The number of fused-ring (bicyclic) bond motifs is 2. The zero-order valence-corrected chi connectivity index (χ0v) is 25.9. The number of hydrogen-bond donors (Lipinski definition) is 2. The number of oxime groups is 1. The number of aryl methyl sites for hydroxylation is 2. The number of rotatable bonds is 11. The number of pyridine rings is 1. The van der Waals surface area contributed by atoms with Crippen molar-refractivity contribution >= 4 is 29.3 Å². The Hall–Kier alpha value is -5.69. The molecule has 2 aromatic carbocycles. The van der Waals surface area contributed by atoms with Crippen LogP contribution in [0, 0.1) is 0 Å². The van der Waals surface area contributed by atoms with Crippen LogP contribution in [0.25, 0.3) is 22.4 Å². The first-order chi connectivity index (χ1) is 23.4. The third-order valence-corrected chi connectivity index (χ3v) is 8.78. The quantitative estimate of drug-likeness (QED) is 0.107. The third kappa shape index (κ3) is 5.95. The van der Waals surface area contributed by atoms with Gasteiger partial charge in [-0.15, -0.1) is 0 Å². The molecule has 4 aromatic rings. The molecule has 2 N–H and O–H groups in total. The Labute approximate surface area is 275 Å². The van der Waals surface area contributed by atoms with Crippen LogP contribution in [0.3, 0.4) is 0 Å². The van der Waals surface area contributed by atoms with Crippen molar-refractivity contribution in [2.45, 2.75) is 44.7 Å². The molecule has 244 valence electrons. The lowest BCUT2D eigenvalue weighted by Crippen LogP contribution is -2.54. The molecule has 0 radical (unpaired) electrons. The largest absolute Gasteiger partial charge is 0.491 e. The number of hydrogen-bond acceptors (Lipinski definition) is 10. The molecule has 2 aliphatic heterocycles. The highest BCUT2D eigenvalue weighted by Gasteiger charge is 2.44. The van der Waals surface area contributed by atoms with Crippen LogP contribution in [0.5, 0.6) is 5.75 Å². The molecule has 1 atom stereocenters. The predicted molar refractivity (Wildman–Crippen MR) is 172 cm³/mol. The summed E-state index contributed by atoms with van der Waals surface area (Å²) in [5.74, 6) is -1.80. The van der Waals surface area contributed by atoms with E-state index in [2.05, 4.69) is 21.5 Å². The molecule has 1 aliphatic carbocycles. The van der Waals surface area contributed by atoms with Gasteiger partial charge in [-0.2, -0.15) is 5.10 Å². The van der Waals surface area contributed by atoms with Gasteiger partial charge in [0.1, 0.15) is 24.1 Å². The minimum Gasteiger partial charge on any atom is -0.491 e. The number of nitrogens with zero attached hydrogens (tertiary/aromatic N) is 5. The molecule has 4 amide bonds. The van der Waals surface area contributed by atoms with Gasteiger partial charge in [-0.1, -0.05) is 23.4 Å². The second-order valence-electron chi connectivity index (χ2n) is 11.8. The standard InChI is InChI=1S/C35H32N6O7/c42-31-9-8-30(33(43)37-31)41-34(44)26-6-4-24(19-27(26)35(41)45)48-17-16-47-15-1-14-40-20-28(32(38-40)21-10-12-36-13-11-21)23-2-5-25-22(18-23)3-7-29(25)39-46/h2,4-6,10-13,18-20,30,46H,1,3,7-9,14-17H2,(H,37,42,43)/b39-29+. The van der Waals surface area contributed by atoms with E-state index in [9.17, 15) is 24.4 Å². The van der Waals surface area contributed by atoms with Gasteiger partial charge in [-0.3, -0.25) is 39.1 Å². The highest BCUT2D eigenvalue weighted by Crippen LogP contribution is 2.34. The normalized spacial score (nSPS) is 18.0. The van der Waals surface area contributed by atoms with Crippen molar-refractivity contribution in [3.63, 3.8) is 0 Å².